The number of rotatable bonds is 3. The summed E-state index contributed by atoms with van der Waals surface area (Å²) in [5, 5.41) is 48.2. The van der Waals surface area contributed by atoms with Gasteiger partial charge in [-0.2, -0.15) is 0 Å². The van der Waals surface area contributed by atoms with E-state index >= 15 is 0 Å². The van der Waals surface area contributed by atoms with Crippen LogP contribution in [0.2, 0.25) is 0 Å². The first-order chi connectivity index (χ1) is 9.45. The van der Waals surface area contributed by atoms with Crippen molar-refractivity contribution < 1.29 is 44.5 Å². The van der Waals surface area contributed by atoms with Crippen molar-refractivity contribution in [2.75, 3.05) is 20.3 Å². The molecule has 8 atom stereocenters. The Balaban J connectivity index is 1.93. The van der Waals surface area contributed by atoms with Crippen molar-refractivity contribution in [2.45, 2.75) is 49.2 Å². The van der Waals surface area contributed by atoms with Gasteiger partial charge in [0, 0.05) is 7.11 Å². The molecule has 4 unspecified atom stereocenters. The van der Waals surface area contributed by atoms with Crippen LogP contribution in [0.4, 0.5) is 0 Å². The van der Waals surface area contributed by atoms with Crippen LogP contribution in [0, 0.1) is 0 Å². The third-order valence-electron chi connectivity index (χ3n) is 3.43. The smallest absolute Gasteiger partial charge is 0.186 e. The van der Waals surface area contributed by atoms with Crippen molar-refractivity contribution in [2.24, 2.45) is 0 Å². The highest BCUT2D eigenvalue weighted by atomic mass is 16.7. The maximum absolute atomic E-state index is 9.89. The normalized spacial score (nSPS) is 50.1. The predicted molar refractivity (Wildman–Crippen MR) is 61.4 cm³/mol. The van der Waals surface area contributed by atoms with Crippen LogP contribution in [0.3, 0.4) is 0 Å². The zero-order valence-corrected chi connectivity index (χ0v) is 10.9. The summed E-state index contributed by atoms with van der Waals surface area (Å²) < 4.78 is 20.3. The fraction of sp³-hybridized carbons (Fsp3) is 1.00. The Bertz CT molecular complexity index is 314. The molecule has 2 saturated heterocycles. The molecule has 0 spiro atoms. The Morgan fingerprint density at radius 3 is 2.05 bits per heavy atom. The fourth-order valence-electron chi connectivity index (χ4n) is 2.17. The molecule has 2 fully saturated rings. The number of ether oxygens (including phenoxy) is 4. The maximum atomic E-state index is 9.89. The number of methoxy groups -OCH3 is 1. The molecule has 0 radical (unpaired) electrons. The second-order valence-electron chi connectivity index (χ2n) is 4.84. The van der Waals surface area contributed by atoms with Crippen molar-refractivity contribution in [3.8, 4) is 0 Å². The molecular formula is C11H20O9. The third kappa shape index (κ3) is 3.11. The van der Waals surface area contributed by atoms with Gasteiger partial charge in [0.1, 0.15) is 36.6 Å². The van der Waals surface area contributed by atoms with Gasteiger partial charge in [0.2, 0.25) is 0 Å². The number of aliphatic hydroxyl groups excluding tert-OH is 5. The largest absolute Gasteiger partial charge is 0.388 e. The van der Waals surface area contributed by atoms with Crippen LogP contribution in [0.5, 0.6) is 0 Å². The van der Waals surface area contributed by atoms with Gasteiger partial charge in [-0.3, -0.25) is 0 Å². The number of hydrogen-bond acceptors (Lipinski definition) is 9. The second-order valence-corrected chi connectivity index (χ2v) is 4.84. The fourth-order valence-corrected chi connectivity index (χ4v) is 2.17. The summed E-state index contributed by atoms with van der Waals surface area (Å²) >= 11 is 0. The van der Waals surface area contributed by atoms with E-state index in [4.69, 9.17) is 18.9 Å². The minimum atomic E-state index is -1.47. The highest BCUT2D eigenvalue weighted by molar-refractivity contribution is 4.87. The molecule has 0 aromatic carbocycles. The molecule has 9 nitrogen and oxygen atoms in total. The Kier molecular flexibility index (Phi) is 5.29. The predicted octanol–water partition coefficient (Wildman–Crippen LogP) is -3.46. The van der Waals surface area contributed by atoms with Crippen molar-refractivity contribution in [3.63, 3.8) is 0 Å². The lowest BCUT2D eigenvalue weighted by Crippen LogP contribution is -2.59. The molecule has 2 aliphatic rings. The van der Waals surface area contributed by atoms with Gasteiger partial charge in [0.15, 0.2) is 12.6 Å². The average Bonchev–Trinajstić information content (AvgIpc) is 2.44. The highest BCUT2D eigenvalue weighted by Crippen LogP contribution is 2.23. The maximum Gasteiger partial charge on any atom is 0.186 e. The van der Waals surface area contributed by atoms with E-state index in [-0.39, 0.29) is 13.2 Å². The van der Waals surface area contributed by atoms with Crippen LogP contribution in [0.25, 0.3) is 0 Å². The second kappa shape index (κ2) is 6.60. The Labute approximate surface area is 115 Å². The van der Waals surface area contributed by atoms with Gasteiger partial charge in [0.25, 0.3) is 0 Å². The van der Waals surface area contributed by atoms with Crippen LogP contribution < -0.4 is 0 Å². The van der Waals surface area contributed by atoms with E-state index < -0.39 is 49.2 Å². The summed E-state index contributed by atoms with van der Waals surface area (Å²) in [6.07, 6.45) is -9.85. The van der Waals surface area contributed by atoms with E-state index in [1.54, 1.807) is 0 Å². The van der Waals surface area contributed by atoms with Crippen LogP contribution in [-0.2, 0) is 18.9 Å². The average molecular weight is 296 g/mol. The van der Waals surface area contributed by atoms with E-state index in [9.17, 15) is 25.5 Å². The molecule has 118 valence electrons. The molecular weight excluding hydrogens is 276 g/mol. The molecule has 5 N–H and O–H groups in total. The molecule has 2 rings (SSSR count). The monoisotopic (exact) mass is 296 g/mol. The standard InChI is InChI=1S/C11H20O9/c1-17-10-9(16)7(14)5(3-19-10)20-11-8(15)6(13)4(12)2-18-11/h4-16H,2-3H2,1H3/t4-,5-,6?,7?,8?,9?,10+,11-/m0/s1. The van der Waals surface area contributed by atoms with Gasteiger partial charge in [-0.05, 0) is 0 Å². The van der Waals surface area contributed by atoms with E-state index in [1.807, 2.05) is 0 Å². The van der Waals surface area contributed by atoms with Gasteiger partial charge < -0.3 is 44.5 Å². The molecule has 2 heterocycles. The minimum Gasteiger partial charge on any atom is -0.388 e. The highest BCUT2D eigenvalue weighted by Gasteiger charge is 2.44. The van der Waals surface area contributed by atoms with Crippen molar-refractivity contribution in [1.29, 1.82) is 0 Å². The lowest BCUT2D eigenvalue weighted by molar-refractivity contribution is -0.326. The van der Waals surface area contributed by atoms with Crippen molar-refractivity contribution >= 4 is 0 Å². The van der Waals surface area contributed by atoms with E-state index in [0.717, 1.165) is 0 Å². The molecule has 9 heteroatoms. The SMILES string of the molecule is CO[C@@H]1OC[C@H](O[C@@H]2OC[C@H](O)C(O)C2O)C(O)C1O. The van der Waals surface area contributed by atoms with Crippen LogP contribution >= 0.6 is 0 Å². The molecule has 0 aromatic rings. The summed E-state index contributed by atoms with van der Waals surface area (Å²) in [6.45, 7) is -0.294. The topological polar surface area (TPSA) is 138 Å². The van der Waals surface area contributed by atoms with Gasteiger partial charge in [-0.15, -0.1) is 0 Å². The third-order valence-corrected chi connectivity index (χ3v) is 3.43. The molecule has 0 amide bonds. The number of hydrogen-bond donors (Lipinski definition) is 5. The Morgan fingerprint density at radius 2 is 1.40 bits per heavy atom. The summed E-state index contributed by atoms with van der Waals surface area (Å²) in [5.74, 6) is 0. The zero-order valence-electron chi connectivity index (χ0n) is 10.9. The van der Waals surface area contributed by atoms with Crippen molar-refractivity contribution in [1.82, 2.24) is 0 Å². The summed E-state index contributed by atoms with van der Waals surface area (Å²) in [6, 6.07) is 0. The van der Waals surface area contributed by atoms with Crippen molar-refractivity contribution in [3.05, 3.63) is 0 Å². The first-order valence-electron chi connectivity index (χ1n) is 6.27. The quantitative estimate of drug-likeness (QED) is 0.359. The molecule has 20 heavy (non-hydrogen) atoms. The lowest BCUT2D eigenvalue weighted by atomic mass is 10.0. The zero-order chi connectivity index (χ0) is 14.9. The molecule has 0 bridgehead atoms. The Hall–Kier alpha value is -0.360. The first kappa shape index (κ1) is 16.0. The van der Waals surface area contributed by atoms with E-state index in [0.29, 0.717) is 0 Å². The molecule has 0 saturated carbocycles. The van der Waals surface area contributed by atoms with Gasteiger partial charge in [-0.25, -0.2) is 0 Å². The van der Waals surface area contributed by atoms with E-state index in [1.165, 1.54) is 7.11 Å². The minimum absolute atomic E-state index is 0.0814. The summed E-state index contributed by atoms with van der Waals surface area (Å²) in [4.78, 5) is 0. The summed E-state index contributed by atoms with van der Waals surface area (Å²) in [7, 11) is 1.33. The first-order valence-corrected chi connectivity index (χ1v) is 6.27. The Morgan fingerprint density at radius 1 is 0.800 bits per heavy atom. The van der Waals surface area contributed by atoms with Gasteiger partial charge in [0.05, 0.1) is 13.2 Å². The van der Waals surface area contributed by atoms with E-state index in [2.05, 4.69) is 0 Å². The van der Waals surface area contributed by atoms with Crippen LogP contribution in [0.15, 0.2) is 0 Å². The molecule has 2 aliphatic heterocycles. The van der Waals surface area contributed by atoms with Crippen LogP contribution in [-0.4, -0.2) is 95.1 Å². The lowest BCUT2D eigenvalue weighted by Gasteiger charge is -2.41. The number of aliphatic hydroxyl groups is 5. The van der Waals surface area contributed by atoms with Gasteiger partial charge >= 0.3 is 0 Å². The van der Waals surface area contributed by atoms with Gasteiger partial charge in [-0.1, -0.05) is 0 Å². The summed E-state index contributed by atoms with van der Waals surface area (Å²) in [5.41, 5.74) is 0. The van der Waals surface area contributed by atoms with Crippen LogP contribution in [0.1, 0.15) is 0 Å². The molecule has 0 aliphatic carbocycles. The molecule has 0 aromatic heterocycles.